The summed E-state index contributed by atoms with van der Waals surface area (Å²) in [4.78, 5) is 12.8. The molecule has 3 aromatic carbocycles. The summed E-state index contributed by atoms with van der Waals surface area (Å²) in [7, 11) is 1.57. The number of nitrogens with one attached hydrogen (secondary N) is 1. The van der Waals surface area contributed by atoms with Gasteiger partial charge in [0.1, 0.15) is 6.61 Å². The van der Waals surface area contributed by atoms with Crippen LogP contribution in [0, 0.1) is 0 Å². The number of benzene rings is 3. The summed E-state index contributed by atoms with van der Waals surface area (Å²) in [5, 5.41) is 4.18. The Hall–Kier alpha value is -2.95. The van der Waals surface area contributed by atoms with Crippen LogP contribution in [0.4, 0.5) is 5.69 Å². The number of amides is 1. The molecular formula is C29H31Cl2NO3. The summed E-state index contributed by atoms with van der Waals surface area (Å²) in [5.74, 6) is 1.50. The van der Waals surface area contributed by atoms with E-state index in [0.29, 0.717) is 38.9 Å². The summed E-state index contributed by atoms with van der Waals surface area (Å²) in [5.41, 5.74) is 4.66. The van der Waals surface area contributed by atoms with E-state index in [1.807, 2.05) is 18.2 Å². The molecule has 4 nitrogen and oxygen atoms in total. The van der Waals surface area contributed by atoms with E-state index in [1.165, 1.54) is 6.08 Å². The van der Waals surface area contributed by atoms with Crippen molar-refractivity contribution in [2.75, 3.05) is 12.4 Å². The molecule has 0 atom stereocenters. The SMILES string of the molecule is COc1cc(C=CC(=O)Nc2c(C(C)C)cccc2C(C)C)ccc1OCc1c(Cl)cccc1Cl. The van der Waals surface area contributed by atoms with Gasteiger partial charge in [0.2, 0.25) is 5.91 Å². The van der Waals surface area contributed by atoms with E-state index in [2.05, 4.69) is 45.1 Å². The van der Waals surface area contributed by atoms with Crippen molar-refractivity contribution in [3.05, 3.63) is 93.0 Å². The highest BCUT2D eigenvalue weighted by molar-refractivity contribution is 6.35. The van der Waals surface area contributed by atoms with Gasteiger partial charge < -0.3 is 14.8 Å². The molecule has 6 heteroatoms. The number of rotatable bonds is 9. The molecule has 3 rings (SSSR count). The van der Waals surface area contributed by atoms with E-state index >= 15 is 0 Å². The van der Waals surface area contributed by atoms with E-state index < -0.39 is 0 Å². The zero-order valence-electron chi connectivity index (χ0n) is 20.7. The fourth-order valence-electron chi connectivity index (χ4n) is 3.76. The van der Waals surface area contributed by atoms with Gasteiger partial charge in [0.15, 0.2) is 11.5 Å². The smallest absolute Gasteiger partial charge is 0.248 e. The molecule has 3 aromatic rings. The monoisotopic (exact) mass is 511 g/mol. The summed E-state index contributed by atoms with van der Waals surface area (Å²) < 4.78 is 11.4. The lowest BCUT2D eigenvalue weighted by atomic mass is 9.92. The Morgan fingerprint density at radius 1 is 0.914 bits per heavy atom. The maximum Gasteiger partial charge on any atom is 0.248 e. The van der Waals surface area contributed by atoms with Gasteiger partial charge in [0.05, 0.1) is 7.11 Å². The number of anilines is 1. The third-order valence-electron chi connectivity index (χ3n) is 5.67. The van der Waals surface area contributed by atoms with E-state index in [-0.39, 0.29) is 12.5 Å². The molecule has 35 heavy (non-hydrogen) atoms. The maximum absolute atomic E-state index is 12.8. The predicted octanol–water partition coefficient (Wildman–Crippen LogP) is 8.48. The standard InChI is InChI=1S/C29H31Cl2NO3/c1-18(2)21-8-6-9-22(19(3)4)29(21)32-28(33)15-13-20-12-14-26(27(16-20)34-5)35-17-23-24(30)10-7-11-25(23)31/h6-16,18-19H,17H2,1-5H3,(H,32,33). The number of methoxy groups -OCH3 is 1. The van der Waals surface area contributed by atoms with E-state index in [0.717, 1.165) is 22.4 Å². The number of para-hydroxylation sites is 1. The molecule has 0 aromatic heterocycles. The largest absolute Gasteiger partial charge is 0.493 e. The van der Waals surface area contributed by atoms with Gasteiger partial charge in [-0.2, -0.15) is 0 Å². The number of ether oxygens (including phenoxy) is 2. The Kier molecular flexibility index (Phi) is 9.25. The van der Waals surface area contributed by atoms with Crippen LogP contribution >= 0.6 is 23.2 Å². The number of hydrogen-bond acceptors (Lipinski definition) is 3. The highest BCUT2D eigenvalue weighted by Crippen LogP contribution is 2.33. The molecule has 0 radical (unpaired) electrons. The van der Waals surface area contributed by atoms with Crippen LogP contribution in [0.3, 0.4) is 0 Å². The minimum Gasteiger partial charge on any atom is -0.493 e. The molecule has 0 aliphatic carbocycles. The number of hydrogen-bond donors (Lipinski definition) is 1. The number of halogens is 2. The van der Waals surface area contributed by atoms with Crippen LogP contribution in [0.2, 0.25) is 10.0 Å². The van der Waals surface area contributed by atoms with Crippen molar-refractivity contribution in [2.24, 2.45) is 0 Å². The highest BCUT2D eigenvalue weighted by atomic mass is 35.5. The molecule has 0 heterocycles. The second kappa shape index (κ2) is 12.1. The minimum atomic E-state index is -0.187. The number of carbonyl (C=O) groups is 1. The van der Waals surface area contributed by atoms with E-state index in [9.17, 15) is 4.79 Å². The Balaban J connectivity index is 1.75. The Morgan fingerprint density at radius 2 is 1.51 bits per heavy atom. The average Bonchev–Trinajstić information content (AvgIpc) is 2.82. The molecule has 0 aliphatic heterocycles. The van der Waals surface area contributed by atoms with Crippen LogP contribution in [-0.4, -0.2) is 13.0 Å². The molecule has 0 fully saturated rings. The van der Waals surface area contributed by atoms with E-state index in [4.69, 9.17) is 32.7 Å². The Morgan fingerprint density at radius 3 is 2.09 bits per heavy atom. The van der Waals surface area contributed by atoms with Crippen LogP contribution in [0.1, 0.15) is 61.8 Å². The predicted molar refractivity (Wildman–Crippen MR) is 146 cm³/mol. The minimum absolute atomic E-state index is 0.187. The molecule has 0 spiro atoms. The summed E-state index contributed by atoms with van der Waals surface area (Å²) in [6.45, 7) is 8.71. The van der Waals surface area contributed by atoms with Crippen molar-refractivity contribution in [1.82, 2.24) is 0 Å². The van der Waals surface area contributed by atoms with Crippen LogP contribution in [-0.2, 0) is 11.4 Å². The van der Waals surface area contributed by atoms with Crippen LogP contribution < -0.4 is 14.8 Å². The van der Waals surface area contributed by atoms with Gasteiger partial charge in [0, 0.05) is 27.4 Å². The third-order valence-corrected chi connectivity index (χ3v) is 6.38. The molecule has 184 valence electrons. The van der Waals surface area contributed by atoms with Crippen LogP contribution in [0.15, 0.2) is 60.7 Å². The van der Waals surface area contributed by atoms with Gasteiger partial charge in [0.25, 0.3) is 0 Å². The van der Waals surface area contributed by atoms with Gasteiger partial charge in [-0.05, 0) is 58.9 Å². The fourth-order valence-corrected chi connectivity index (χ4v) is 4.27. The van der Waals surface area contributed by atoms with Crippen molar-refractivity contribution in [3.8, 4) is 11.5 Å². The Bertz CT molecular complexity index is 1170. The first-order valence-corrected chi connectivity index (χ1v) is 12.3. The molecule has 0 saturated heterocycles. The second-order valence-corrected chi connectivity index (χ2v) is 9.66. The van der Waals surface area contributed by atoms with E-state index in [1.54, 1.807) is 37.5 Å². The third kappa shape index (κ3) is 6.81. The lowest BCUT2D eigenvalue weighted by Gasteiger charge is -2.19. The molecule has 1 N–H and O–H groups in total. The Labute approximate surface area is 217 Å². The summed E-state index contributed by atoms with van der Waals surface area (Å²) in [6.07, 6.45) is 3.28. The summed E-state index contributed by atoms with van der Waals surface area (Å²) in [6, 6.07) is 17.0. The topological polar surface area (TPSA) is 47.6 Å². The molecule has 0 unspecified atom stereocenters. The van der Waals surface area contributed by atoms with Crippen LogP contribution in [0.5, 0.6) is 11.5 Å². The van der Waals surface area contributed by atoms with Crippen molar-refractivity contribution < 1.29 is 14.3 Å². The maximum atomic E-state index is 12.8. The zero-order chi connectivity index (χ0) is 25.5. The fraction of sp³-hybridized carbons (Fsp3) is 0.276. The van der Waals surface area contributed by atoms with Gasteiger partial charge in [-0.25, -0.2) is 0 Å². The normalized spacial score (nSPS) is 11.3. The van der Waals surface area contributed by atoms with Gasteiger partial charge in [-0.15, -0.1) is 0 Å². The van der Waals surface area contributed by atoms with Gasteiger partial charge >= 0.3 is 0 Å². The van der Waals surface area contributed by atoms with Crippen molar-refractivity contribution in [3.63, 3.8) is 0 Å². The van der Waals surface area contributed by atoms with Crippen molar-refractivity contribution in [2.45, 2.75) is 46.1 Å². The highest BCUT2D eigenvalue weighted by Gasteiger charge is 2.15. The average molecular weight is 512 g/mol. The van der Waals surface area contributed by atoms with Gasteiger partial charge in [-0.1, -0.05) is 81.2 Å². The van der Waals surface area contributed by atoms with Crippen molar-refractivity contribution in [1.29, 1.82) is 0 Å². The lowest BCUT2D eigenvalue weighted by Crippen LogP contribution is -2.13. The number of carbonyl (C=O) groups excluding carboxylic acids is 1. The second-order valence-electron chi connectivity index (χ2n) is 8.84. The molecule has 0 aliphatic rings. The molecule has 0 saturated carbocycles. The summed E-state index contributed by atoms with van der Waals surface area (Å²) >= 11 is 12.5. The first kappa shape index (κ1) is 26.7. The first-order chi connectivity index (χ1) is 16.7. The van der Waals surface area contributed by atoms with Crippen LogP contribution in [0.25, 0.3) is 6.08 Å². The quantitative estimate of drug-likeness (QED) is 0.293. The molecular weight excluding hydrogens is 481 g/mol. The lowest BCUT2D eigenvalue weighted by molar-refractivity contribution is -0.111. The van der Waals surface area contributed by atoms with Crippen molar-refractivity contribution >= 4 is 40.9 Å². The molecule has 0 bridgehead atoms. The first-order valence-electron chi connectivity index (χ1n) is 11.6. The van der Waals surface area contributed by atoms with Gasteiger partial charge in [-0.3, -0.25) is 4.79 Å². The molecule has 1 amide bonds. The zero-order valence-corrected chi connectivity index (χ0v) is 22.2.